The Morgan fingerprint density at radius 2 is 1.65 bits per heavy atom. The van der Waals surface area contributed by atoms with Crippen LogP contribution in [0.3, 0.4) is 0 Å². The quantitative estimate of drug-likeness (QED) is 0.751. The van der Waals surface area contributed by atoms with Gasteiger partial charge in [0.15, 0.2) is 0 Å². The van der Waals surface area contributed by atoms with Crippen LogP contribution < -0.4 is 0 Å². The maximum Gasteiger partial charge on any atom is 0.0691 e. The molecule has 0 atom stereocenters. The third-order valence-electron chi connectivity index (χ3n) is 3.89. The second-order valence-corrected chi connectivity index (χ2v) is 7.05. The van der Waals surface area contributed by atoms with Gasteiger partial charge in [0.05, 0.1) is 11.4 Å². The number of fused-ring (bicyclic) bond motifs is 1. The second kappa shape index (κ2) is 7.19. The number of aromatic nitrogens is 2. The van der Waals surface area contributed by atoms with Crippen molar-refractivity contribution >= 4 is 0 Å². The number of hydrogen-bond acceptors (Lipinski definition) is 2. The first-order valence-corrected chi connectivity index (χ1v) is 8.23. The highest BCUT2D eigenvalue weighted by atomic mass is 15.1. The zero-order valence-electron chi connectivity index (χ0n) is 14.5. The molecule has 0 saturated heterocycles. The van der Waals surface area contributed by atoms with Crippen molar-refractivity contribution in [3.63, 3.8) is 0 Å². The van der Waals surface area contributed by atoms with Crippen molar-refractivity contribution in [1.82, 2.24) is 10.2 Å². The SMILES string of the molecule is CCC.CCc1nnc(C(C)C)c2c1CC(C)(C)CC2. The summed E-state index contributed by atoms with van der Waals surface area (Å²) < 4.78 is 0. The zero-order chi connectivity index (χ0) is 15.3. The molecule has 0 fully saturated rings. The smallest absolute Gasteiger partial charge is 0.0691 e. The minimum atomic E-state index is 0.425. The summed E-state index contributed by atoms with van der Waals surface area (Å²) in [5.41, 5.74) is 5.88. The van der Waals surface area contributed by atoms with E-state index in [1.165, 1.54) is 48.2 Å². The molecule has 0 N–H and O–H groups in total. The van der Waals surface area contributed by atoms with Crippen LogP contribution in [-0.2, 0) is 19.3 Å². The van der Waals surface area contributed by atoms with E-state index in [1.54, 1.807) is 0 Å². The number of aryl methyl sites for hydroxylation is 1. The number of rotatable bonds is 2. The Hall–Kier alpha value is -0.920. The molecule has 1 aliphatic rings. The predicted molar refractivity (Wildman–Crippen MR) is 87.3 cm³/mol. The highest BCUT2D eigenvalue weighted by Crippen LogP contribution is 2.38. The highest BCUT2D eigenvalue weighted by Gasteiger charge is 2.29. The van der Waals surface area contributed by atoms with Gasteiger partial charge in [0.1, 0.15) is 0 Å². The van der Waals surface area contributed by atoms with Crippen molar-refractivity contribution < 1.29 is 0 Å². The Morgan fingerprint density at radius 1 is 1.05 bits per heavy atom. The van der Waals surface area contributed by atoms with Crippen molar-refractivity contribution in [2.45, 2.75) is 86.5 Å². The minimum absolute atomic E-state index is 0.425. The molecule has 2 nitrogen and oxygen atoms in total. The lowest BCUT2D eigenvalue weighted by atomic mass is 9.73. The van der Waals surface area contributed by atoms with Gasteiger partial charge >= 0.3 is 0 Å². The van der Waals surface area contributed by atoms with Crippen LogP contribution in [0.25, 0.3) is 0 Å². The van der Waals surface area contributed by atoms with Crippen LogP contribution in [0, 0.1) is 5.41 Å². The maximum atomic E-state index is 4.46. The van der Waals surface area contributed by atoms with E-state index >= 15 is 0 Å². The summed E-state index contributed by atoms with van der Waals surface area (Å²) in [6, 6.07) is 0. The number of nitrogens with zero attached hydrogens (tertiary/aromatic N) is 2. The minimum Gasteiger partial charge on any atom is -0.155 e. The first-order valence-electron chi connectivity index (χ1n) is 8.23. The lowest BCUT2D eigenvalue weighted by molar-refractivity contribution is 0.311. The summed E-state index contributed by atoms with van der Waals surface area (Å²) in [6.45, 7) is 15.6. The van der Waals surface area contributed by atoms with Gasteiger partial charge in [0.25, 0.3) is 0 Å². The lowest BCUT2D eigenvalue weighted by Crippen LogP contribution is -2.26. The Bertz CT molecular complexity index is 433. The van der Waals surface area contributed by atoms with Crippen LogP contribution in [0.5, 0.6) is 0 Å². The standard InChI is InChI=1S/C15H24N2.C3H8/c1-6-13-12-9-15(4,5)8-7-11(12)14(10(2)3)17-16-13;1-3-2/h10H,6-9H2,1-5H3;3H2,1-2H3. The molecule has 1 aliphatic carbocycles. The summed E-state index contributed by atoms with van der Waals surface area (Å²) in [5, 5.41) is 8.91. The molecule has 0 aliphatic heterocycles. The Morgan fingerprint density at radius 3 is 2.15 bits per heavy atom. The van der Waals surface area contributed by atoms with Crippen LogP contribution in [-0.4, -0.2) is 10.2 Å². The Labute approximate surface area is 125 Å². The Kier molecular flexibility index (Phi) is 6.16. The average Bonchev–Trinajstić information content (AvgIpc) is 2.37. The van der Waals surface area contributed by atoms with Crippen molar-refractivity contribution in [2.24, 2.45) is 5.41 Å². The van der Waals surface area contributed by atoms with E-state index in [2.05, 4.69) is 58.7 Å². The van der Waals surface area contributed by atoms with E-state index in [-0.39, 0.29) is 0 Å². The second-order valence-electron chi connectivity index (χ2n) is 7.05. The zero-order valence-corrected chi connectivity index (χ0v) is 14.5. The molecule has 1 aromatic heterocycles. The van der Waals surface area contributed by atoms with Crippen LogP contribution in [0.1, 0.15) is 89.7 Å². The summed E-state index contributed by atoms with van der Waals surface area (Å²) in [6.07, 6.45) is 5.87. The van der Waals surface area contributed by atoms with Gasteiger partial charge in [-0.15, -0.1) is 0 Å². The third-order valence-corrected chi connectivity index (χ3v) is 3.89. The van der Waals surface area contributed by atoms with Crippen LogP contribution >= 0.6 is 0 Å². The van der Waals surface area contributed by atoms with E-state index in [9.17, 15) is 0 Å². The van der Waals surface area contributed by atoms with Crippen molar-refractivity contribution in [2.75, 3.05) is 0 Å². The van der Waals surface area contributed by atoms with E-state index in [0.717, 1.165) is 6.42 Å². The van der Waals surface area contributed by atoms with E-state index in [1.807, 2.05) is 0 Å². The van der Waals surface area contributed by atoms with Gasteiger partial charge in [-0.05, 0) is 48.1 Å². The molecule has 0 radical (unpaired) electrons. The molecule has 2 rings (SSSR count). The monoisotopic (exact) mass is 276 g/mol. The maximum absolute atomic E-state index is 4.46. The molecule has 0 unspecified atom stereocenters. The van der Waals surface area contributed by atoms with Crippen molar-refractivity contribution in [3.05, 3.63) is 22.5 Å². The molecule has 1 aromatic rings. The van der Waals surface area contributed by atoms with Gasteiger partial charge < -0.3 is 0 Å². The molecular weight excluding hydrogens is 244 g/mol. The van der Waals surface area contributed by atoms with Gasteiger partial charge in [-0.1, -0.05) is 54.9 Å². The first-order chi connectivity index (χ1) is 9.36. The fraction of sp³-hybridized carbons (Fsp3) is 0.778. The van der Waals surface area contributed by atoms with Crippen LogP contribution in [0.15, 0.2) is 0 Å². The highest BCUT2D eigenvalue weighted by molar-refractivity contribution is 5.37. The molecular formula is C18H32N2. The molecule has 2 heteroatoms. The lowest BCUT2D eigenvalue weighted by Gasteiger charge is -2.33. The van der Waals surface area contributed by atoms with Gasteiger partial charge in [-0.3, -0.25) is 0 Å². The molecule has 0 saturated carbocycles. The van der Waals surface area contributed by atoms with Gasteiger partial charge in [0.2, 0.25) is 0 Å². The normalized spacial score (nSPS) is 16.4. The molecule has 1 heterocycles. The molecule has 20 heavy (non-hydrogen) atoms. The molecule has 0 aromatic carbocycles. The largest absolute Gasteiger partial charge is 0.155 e. The van der Waals surface area contributed by atoms with Gasteiger partial charge in [0, 0.05) is 0 Å². The average molecular weight is 276 g/mol. The Balaban J connectivity index is 0.000000612. The van der Waals surface area contributed by atoms with E-state index < -0.39 is 0 Å². The summed E-state index contributed by atoms with van der Waals surface area (Å²) >= 11 is 0. The predicted octanol–water partition coefficient (Wildman–Crippen LogP) is 5.09. The first kappa shape index (κ1) is 17.1. The summed E-state index contributed by atoms with van der Waals surface area (Å²) in [7, 11) is 0. The summed E-state index contributed by atoms with van der Waals surface area (Å²) in [5.74, 6) is 0.489. The molecule has 0 spiro atoms. The van der Waals surface area contributed by atoms with Gasteiger partial charge in [-0.25, -0.2) is 0 Å². The van der Waals surface area contributed by atoms with Crippen LogP contribution in [0.2, 0.25) is 0 Å². The summed E-state index contributed by atoms with van der Waals surface area (Å²) in [4.78, 5) is 0. The number of hydrogen-bond donors (Lipinski definition) is 0. The fourth-order valence-corrected chi connectivity index (χ4v) is 2.83. The molecule has 0 bridgehead atoms. The van der Waals surface area contributed by atoms with Gasteiger partial charge in [-0.2, -0.15) is 10.2 Å². The molecule has 0 amide bonds. The van der Waals surface area contributed by atoms with Crippen LogP contribution in [0.4, 0.5) is 0 Å². The van der Waals surface area contributed by atoms with Crippen molar-refractivity contribution in [1.29, 1.82) is 0 Å². The topological polar surface area (TPSA) is 25.8 Å². The van der Waals surface area contributed by atoms with E-state index in [4.69, 9.17) is 0 Å². The van der Waals surface area contributed by atoms with E-state index in [0.29, 0.717) is 11.3 Å². The third kappa shape index (κ3) is 4.04. The van der Waals surface area contributed by atoms with Crippen molar-refractivity contribution in [3.8, 4) is 0 Å². The molecule has 114 valence electrons. The fourth-order valence-electron chi connectivity index (χ4n) is 2.83.